The number of allylic oxidation sites excluding steroid dienone is 2. The standard InChI is InChI=1S/C15H20OS/c1-4-6-7-8-14(5-2)17(16)15-11-9-13(3)10-12-15/h5,8-12H,2,4,6-7H2,1,3H3/b14-8-/t17-/m1/s1. The molecule has 0 fully saturated rings. The maximum Gasteiger partial charge on any atom is 0.0846 e. The van der Waals surface area contributed by atoms with Crippen LogP contribution >= 0.6 is 0 Å². The smallest absolute Gasteiger partial charge is 0.0846 e. The maximum atomic E-state index is 12.3. The van der Waals surface area contributed by atoms with Crippen LogP contribution in [0.4, 0.5) is 0 Å². The van der Waals surface area contributed by atoms with Crippen LogP contribution in [-0.4, -0.2) is 4.21 Å². The number of hydrogen-bond donors (Lipinski definition) is 0. The lowest BCUT2D eigenvalue weighted by Gasteiger charge is -2.03. The highest BCUT2D eigenvalue weighted by Gasteiger charge is 2.06. The quantitative estimate of drug-likeness (QED) is 0.540. The molecule has 0 saturated carbocycles. The van der Waals surface area contributed by atoms with E-state index in [4.69, 9.17) is 0 Å². The molecule has 0 heterocycles. The van der Waals surface area contributed by atoms with E-state index < -0.39 is 10.8 Å². The minimum atomic E-state index is -1.09. The maximum absolute atomic E-state index is 12.3. The zero-order valence-electron chi connectivity index (χ0n) is 10.6. The van der Waals surface area contributed by atoms with Crippen molar-refractivity contribution in [3.8, 4) is 0 Å². The minimum absolute atomic E-state index is 0.822. The molecule has 0 aliphatic rings. The molecule has 0 aliphatic carbocycles. The van der Waals surface area contributed by atoms with Crippen molar-refractivity contribution in [3.63, 3.8) is 0 Å². The van der Waals surface area contributed by atoms with Crippen LogP contribution < -0.4 is 0 Å². The molecular weight excluding hydrogens is 228 g/mol. The summed E-state index contributed by atoms with van der Waals surface area (Å²) in [6.07, 6.45) is 6.98. The lowest BCUT2D eigenvalue weighted by atomic mass is 10.2. The van der Waals surface area contributed by atoms with E-state index in [9.17, 15) is 4.21 Å². The summed E-state index contributed by atoms with van der Waals surface area (Å²) in [6.45, 7) is 7.92. The summed E-state index contributed by atoms with van der Waals surface area (Å²) in [5, 5.41) is 0. The first kappa shape index (κ1) is 13.9. The van der Waals surface area contributed by atoms with Gasteiger partial charge in [-0.05, 0) is 25.5 Å². The Morgan fingerprint density at radius 3 is 2.53 bits per heavy atom. The van der Waals surface area contributed by atoms with Crippen molar-refractivity contribution in [1.82, 2.24) is 0 Å². The van der Waals surface area contributed by atoms with Crippen LogP contribution in [0, 0.1) is 6.92 Å². The van der Waals surface area contributed by atoms with E-state index in [1.165, 1.54) is 5.56 Å². The van der Waals surface area contributed by atoms with Crippen LogP contribution in [0.15, 0.2) is 52.8 Å². The van der Waals surface area contributed by atoms with Crippen LogP contribution in [0.1, 0.15) is 31.7 Å². The van der Waals surface area contributed by atoms with Crippen LogP contribution in [0.3, 0.4) is 0 Å². The van der Waals surface area contributed by atoms with Crippen LogP contribution in [-0.2, 0) is 10.8 Å². The van der Waals surface area contributed by atoms with Gasteiger partial charge in [0.15, 0.2) is 0 Å². The normalized spacial score (nSPS) is 13.4. The fourth-order valence-electron chi connectivity index (χ4n) is 1.48. The van der Waals surface area contributed by atoms with Crippen LogP contribution in [0.5, 0.6) is 0 Å². The van der Waals surface area contributed by atoms with E-state index in [0.29, 0.717) is 0 Å². The average Bonchev–Trinajstić information content (AvgIpc) is 2.35. The molecule has 1 aromatic rings. The largest absolute Gasteiger partial charge is 0.249 e. The predicted molar refractivity (Wildman–Crippen MR) is 75.4 cm³/mol. The molecule has 1 nitrogen and oxygen atoms in total. The summed E-state index contributed by atoms with van der Waals surface area (Å²) in [6, 6.07) is 7.81. The van der Waals surface area contributed by atoms with Crippen molar-refractivity contribution in [2.45, 2.75) is 38.0 Å². The van der Waals surface area contributed by atoms with E-state index in [2.05, 4.69) is 13.5 Å². The van der Waals surface area contributed by atoms with Gasteiger partial charge in [-0.1, -0.05) is 56.2 Å². The molecule has 92 valence electrons. The van der Waals surface area contributed by atoms with Gasteiger partial charge < -0.3 is 0 Å². The van der Waals surface area contributed by atoms with Crippen molar-refractivity contribution in [2.24, 2.45) is 0 Å². The Balaban J connectivity index is 2.82. The molecular formula is C15H20OS. The topological polar surface area (TPSA) is 17.1 Å². The fourth-order valence-corrected chi connectivity index (χ4v) is 2.56. The third-order valence-corrected chi connectivity index (χ3v) is 4.02. The molecule has 0 amide bonds. The second kappa shape index (κ2) is 7.23. The first-order chi connectivity index (χ1) is 8.19. The molecule has 0 N–H and O–H groups in total. The summed E-state index contributed by atoms with van der Waals surface area (Å²) in [5.41, 5.74) is 1.18. The second-order valence-corrected chi connectivity index (χ2v) is 5.51. The second-order valence-electron chi connectivity index (χ2n) is 4.03. The zero-order chi connectivity index (χ0) is 12.7. The Hall–Kier alpha value is -1.15. The third-order valence-electron chi connectivity index (χ3n) is 2.55. The zero-order valence-corrected chi connectivity index (χ0v) is 11.4. The minimum Gasteiger partial charge on any atom is -0.249 e. The molecule has 0 aliphatic heterocycles. The predicted octanol–water partition coefficient (Wildman–Crippen LogP) is 4.36. The molecule has 0 aromatic heterocycles. The van der Waals surface area contributed by atoms with Crippen LogP contribution in [0.2, 0.25) is 0 Å². The summed E-state index contributed by atoms with van der Waals surface area (Å²) in [4.78, 5) is 1.67. The lowest BCUT2D eigenvalue weighted by molar-refractivity contribution is 0.687. The van der Waals surface area contributed by atoms with Gasteiger partial charge in [-0.2, -0.15) is 0 Å². The molecule has 17 heavy (non-hydrogen) atoms. The Labute approximate surface area is 107 Å². The Kier molecular flexibility index (Phi) is 5.92. The molecule has 0 bridgehead atoms. The van der Waals surface area contributed by atoms with Gasteiger partial charge in [0.2, 0.25) is 0 Å². The summed E-state index contributed by atoms with van der Waals surface area (Å²) in [5.74, 6) is 0. The number of hydrogen-bond acceptors (Lipinski definition) is 1. The molecule has 1 atom stereocenters. The van der Waals surface area contributed by atoms with Gasteiger partial charge in [0.05, 0.1) is 10.8 Å². The Morgan fingerprint density at radius 2 is 2.00 bits per heavy atom. The van der Waals surface area contributed by atoms with Gasteiger partial charge in [-0.25, -0.2) is 4.21 Å². The molecule has 0 radical (unpaired) electrons. The number of rotatable bonds is 6. The van der Waals surface area contributed by atoms with Crippen LogP contribution in [0.25, 0.3) is 0 Å². The highest BCUT2D eigenvalue weighted by atomic mass is 32.2. The number of unbranched alkanes of at least 4 members (excludes halogenated alkanes) is 2. The molecule has 2 heteroatoms. The Morgan fingerprint density at radius 1 is 1.35 bits per heavy atom. The highest BCUT2D eigenvalue weighted by Crippen LogP contribution is 2.17. The fraction of sp³-hybridized carbons (Fsp3) is 0.333. The average molecular weight is 248 g/mol. The van der Waals surface area contributed by atoms with Gasteiger partial charge in [-0.15, -0.1) is 0 Å². The van der Waals surface area contributed by atoms with Gasteiger partial charge in [-0.3, -0.25) is 0 Å². The van der Waals surface area contributed by atoms with Crippen molar-refractivity contribution in [3.05, 3.63) is 53.5 Å². The Bertz CT molecular complexity index is 415. The lowest BCUT2D eigenvalue weighted by Crippen LogP contribution is -1.94. The first-order valence-electron chi connectivity index (χ1n) is 6.00. The van der Waals surface area contributed by atoms with Gasteiger partial charge >= 0.3 is 0 Å². The molecule has 1 aromatic carbocycles. The number of aryl methyl sites for hydroxylation is 1. The molecule has 0 saturated heterocycles. The van der Waals surface area contributed by atoms with Gasteiger partial charge in [0, 0.05) is 9.80 Å². The summed E-state index contributed by atoms with van der Waals surface area (Å²) >= 11 is 0. The van der Waals surface area contributed by atoms with Gasteiger partial charge in [0.1, 0.15) is 0 Å². The van der Waals surface area contributed by atoms with Crippen molar-refractivity contribution in [2.75, 3.05) is 0 Å². The van der Waals surface area contributed by atoms with Gasteiger partial charge in [0.25, 0.3) is 0 Å². The first-order valence-corrected chi connectivity index (χ1v) is 7.15. The molecule has 0 spiro atoms. The SMILES string of the molecule is C=C/C(=C/CCCC)[S@@](=O)c1ccc(C)cc1. The molecule has 0 unspecified atom stereocenters. The van der Waals surface area contributed by atoms with E-state index in [1.54, 1.807) is 6.08 Å². The van der Waals surface area contributed by atoms with E-state index in [-0.39, 0.29) is 0 Å². The summed E-state index contributed by atoms with van der Waals surface area (Å²) in [7, 11) is -1.09. The van der Waals surface area contributed by atoms with E-state index in [0.717, 1.165) is 29.1 Å². The van der Waals surface area contributed by atoms with Crippen molar-refractivity contribution in [1.29, 1.82) is 0 Å². The third kappa shape index (κ3) is 4.31. The molecule has 1 rings (SSSR count). The van der Waals surface area contributed by atoms with E-state index in [1.807, 2.05) is 37.3 Å². The summed E-state index contributed by atoms with van der Waals surface area (Å²) < 4.78 is 12.3. The van der Waals surface area contributed by atoms with Crippen molar-refractivity contribution < 1.29 is 4.21 Å². The highest BCUT2D eigenvalue weighted by molar-refractivity contribution is 7.89. The van der Waals surface area contributed by atoms with E-state index >= 15 is 0 Å². The monoisotopic (exact) mass is 248 g/mol. The number of benzene rings is 1. The van der Waals surface area contributed by atoms with Crippen molar-refractivity contribution >= 4 is 10.8 Å².